The van der Waals surface area contributed by atoms with E-state index in [1.807, 2.05) is 39.8 Å². The Labute approximate surface area is 108 Å². The number of carbonyl (C=O) groups excluding carboxylic acids is 1. The summed E-state index contributed by atoms with van der Waals surface area (Å²) in [6.45, 7) is 9.47. The number of hydrogen-bond acceptors (Lipinski definition) is 3. The van der Waals surface area contributed by atoms with Gasteiger partial charge in [-0.15, -0.1) is 0 Å². The Morgan fingerprint density at radius 2 is 1.83 bits per heavy atom. The van der Waals surface area contributed by atoms with Gasteiger partial charge in [0.25, 0.3) is 0 Å². The lowest BCUT2D eigenvalue weighted by atomic mass is 10.1. The van der Waals surface area contributed by atoms with E-state index in [1.54, 1.807) is 0 Å². The fraction of sp³-hybridized carbons (Fsp3) is 0.500. The van der Waals surface area contributed by atoms with Crippen LogP contribution in [0.15, 0.2) is 12.1 Å². The van der Waals surface area contributed by atoms with Gasteiger partial charge in [0.1, 0.15) is 5.75 Å². The third-order valence-corrected chi connectivity index (χ3v) is 2.71. The van der Waals surface area contributed by atoms with Crippen molar-refractivity contribution in [3.63, 3.8) is 0 Å². The second-order valence-electron chi connectivity index (χ2n) is 4.22. The van der Waals surface area contributed by atoms with Crippen LogP contribution in [0.1, 0.15) is 23.6 Å². The topological polar surface area (TPSA) is 47.6 Å². The molecule has 0 spiro atoms. The van der Waals surface area contributed by atoms with Crippen molar-refractivity contribution in [2.45, 2.75) is 27.7 Å². The molecule has 0 radical (unpaired) electrons. The van der Waals surface area contributed by atoms with Crippen LogP contribution in [0.5, 0.6) is 5.75 Å². The van der Waals surface area contributed by atoms with E-state index < -0.39 is 6.09 Å². The number of benzene rings is 1. The molecule has 4 heteroatoms. The Morgan fingerprint density at radius 3 is 2.50 bits per heavy atom. The molecule has 0 aliphatic heterocycles. The molecule has 0 atom stereocenters. The predicted octanol–water partition coefficient (Wildman–Crippen LogP) is 2.74. The summed E-state index contributed by atoms with van der Waals surface area (Å²) in [5.74, 6) is 0.604. The maximum Gasteiger partial charge on any atom is 0.412 e. The Kier molecular flexibility index (Phi) is 5.65. The number of ether oxygens (including phenoxy) is 2. The first-order valence-corrected chi connectivity index (χ1v) is 6.16. The minimum Gasteiger partial charge on any atom is -0.410 e. The lowest BCUT2D eigenvalue weighted by molar-refractivity contribution is 0.145. The lowest BCUT2D eigenvalue weighted by Gasteiger charge is -2.11. The van der Waals surface area contributed by atoms with Crippen molar-refractivity contribution in [2.24, 2.45) is 0 Å². The molecular formula is C14H21NO3. The first-order valence-electron chi connectivity index (χ1n) is 6.16. The maximum atomic E-state index is 11.5. The van der Waals surface area contributed by atoms with E-state index in [-0.39, 0.29) is 0 Å². The summed E-state index contributed by atoms with van der Waals surface area (Å²) in [5, 5.41) is 2.64. The highest BCUT2D eigenvalue weighted by Crippen LogP contribution is 2.22. The van der Waals surface area contributed by atoms with E-state index in [4.69, 9.17) is 9.47 Å². The highest BCUT2D eigenvalue weighted by molar-refractivity contribution is 5.71. The van der Waals surface area contributed by atoms with Crippen LogP contribution >= 0.6 is 0 Å². The van der Waals surface area contributed by atoms with Gasteiger partial charge in [0.15, 0.2) is 0 Å². The van der Waals surface area contributed by atoms with E-state index in [9.17, 15) is 4.79 Å². The monoisotopic (exact) mass is 251 g/mol. The van der Waals surface area contributed by atoms with Crippen LogP contribution in [0.3, 0.4) is 0 Å². The van der Waals surface area contributed by atoms with Gasteiger partial charge in [-0.2, -0.15) is 0 Å². The fourth-order valence-electron chi connectivity index (χ4n) is 1.55. The van der Waals surface area contributed by atoms with Crippen molar-refractivity contribution < 1.29 is 14.3 Å². The number of hydrogen-bond donors (Lipinski definition) is 1. The van der Waals surface area contributed by atoms with Crippen LogP contribution in [-0.4, -0.2) is 25.9 Å². The average Bonchev–Trinajstić information content (AvgIpc) is 2.32. The van der Waals surface area contributed by atoms with Crippen molar-refractivity contribution in [1.82, 2.24) is 5.32 Å². The Balaban J connectivity index is 2.51. The molecule has 0 saturated carbocycles. The van der Waals surface area contributed by atoms with Crippen LogP contribution in [0.4, 0.5) is 4.79 Å². The molecule has 0 aliphatic carbocycles. The molecule has 0 aromatic heterocycles. The number of rotatable bonds is 5. The van der Waals surface area contributed by atoms with Crippen LogP contribution in [0, 0.1) is 20.8 Å². The third kappa shape index (κ3) is 4.37. The van der Waals surface area contributed by atoms with Gasteiger partial charge in [-0.05, 0) is 50.5 Å². The van der Waals surface area contributed by atoms with Crippen molar-refractivity contribution in [1.29, 1.82) is 0 Å². The van der Waals surface area contributed by atoms with Crippen molar-refractivity contribution in [2.75, 3.05) is 19.8 Å². The van der Waals surface area contributed by atoms with E-state index >= 15 is 0 Å². The SMILES string of the molecule is CCOCCNC(=O)Oc1cc(C)c(C)cc1C. The van der Waals surface area contributed by atoms with Crippen molar-refractivity contribution in [3.8, 4) is 5.75 Å². The molecule has 0 bridgehead atoms. The molecule has 1 aromatic rings. The molecular weight excluding hydrogens is 230 g/mol. The van der Waals surface area contributed by atoms with Gasteiger partial charge in [0.05, 0.1) is 6.61 Å². The number of nitrogens with one attached hydrogen (secondary N) is 1. The largest absolute Gasteiger partial charge is 0.412 e. The minimum absolute atomic E-state index is 0.443. The summed E-state index contributed by atoms with van der Waals surface area (Å²) in [5.41, 5.74) is 3.26. The second-order valence-corrected chi connectivity index (χ2v) is 4.22. The normalized spacial score (nSPS) is 10.2. The zero-order chi connectivity index (χ0) is 13.5. The number of carbonyl (C=O) groups is 1. The highest BCUT2D eigenvalue weighted by atomic mass is 16.6. The van der Waals surface area contributed by atoms with Gasteiger partial charge >= 0.3 is 6.09 Å². The van der Waals surface area contributed by atoms with Crippen LogP contribution in [-0.2, 0) is 4.74 Å². The molecule has 1 N–H and O–H groups in total. The van der Waals surface area contributed by atoms with Crippen LogP contribution in [0.25, 0.3) is 0 Å². The first-order chi connectivity index (χ1) is 8.54. The molecule has 0 saturated heterocycles. The molecule has 18 heavy (non-hydrogen) atoms. The third-order valence-electron chi connectivity index (χ3n) is 2.71. The maximum absolute atomic E-state index is 11.5. The molecule has 0 fully saturated rings. The zero-order valence-electron chi connectivity index (χ0n) is 11.5. The van der Waals surface area contributed by atoms with Crippen LogP contribution in [0.2, 0.25) is 0 Å². The smallest absolute Gasteiger partial charge is 0.410 e. The summed E-state index contributed by atoms with van der Waals surface area (Å²) >= 11 is 0. The molecule has 0 unspecified atom stereocenters. The summed E-state index contributed by atoms with van der Waals surface area (Å²) in [6, 6.07) is 3.89. The van der Waals surface area contributed by atoms with Gasteiger partial charge < -0.3 is 14.8 Å². The van der Waals surface area contributed by atoms with Crippen LogP contribution < -0.4 is 10.1 Å². The van der Waals surface area contributed by atoms with E-state index in [2.05, 4.69) is 5.32 Å². The number of aryl methyl sites for hydroxylation is 3. The highest BCUT2D eigenvalue weighted by Gasteiger charge is 2.08. The van der Waals surface area contributed by atoms with Crippen molar-refractivity contribution >= 4 is 6.09 Å². The van der Waals surface area contributed by atoms with E-state index in [1.165, 1.54) is 5.56 Å². The first kappa shape index (κ1) is 14.5. The summed E-state index contributed by atoms with van der Waals surface area (Å²) < 4.78 is 10.4. The second kappa shape index (κ2) is 7.01. The van der Waals surface area contributed by atoms with Gasteiger partial charge in [-0.1, -0.05) is 6.07 Å². The fourth-order valence-corrected chi connectivity index (χ4v) is 1.55. The van der Waals surface area contributed by atoms with E-state index in [0.717, 1.165) is 11.1 Å². The molecule has 100 valence electrons. The average molecular weight is 251 g/mol. The van der Waals surface area contributed by atoms with Gasteiger partial charge in [0, 0.05) is 13.2 Å². The standard InChI is InChI=1S/C14H21NO3/c1-5-17-7-6-15-14(16)18-13-9-11(3)10(2)8-12(13)4/h8-9H,5-7H2,1-4H3,(H,15,16). The minimum atomic E-state index is -0.443. The summed E-state index contributed by atoms with van der Waals surface area (Å²) in [4.78, 5) is 11.5. The lowest BCUT2D eigenvalue weighted by Crippen LogP contribution is -2.30. The quantitative estimate of drug-likeness (QED) is 0.818. The van der Waals surface area contributed by atoms with Gasteiger partial charge in [-0.25, -0.2) is 4.79 Å². The van der Waals surface area contributed by atoms with Crippen molar-refractivity contribution in [3.05, 3.63) is 28.8 Å². The Hall–Kier alpha value is -1.55. The molecule has 0 heterocycles. The Morgan fingerprint density at radius 1 is 1.17 bits per heavy atom. The summed E-state index contributed by atoms with van der Waals surface area (Å²) in [7, 11) is 0. The molecule has 4 nitrogen and oxygen atoms in total. The van der Waals surface area contributed by atoms with Gasteiger partial charge in [0.2, 0.25) is 0 Å². The molecule has 0 aliphatic rings. The van der Waals surface area contributed by atoms with Gasteiger partial charge in [-0.3, -0.25) is 0 Å². The molecule has 1 rings (SSSR count). The van der Waals surface area contributed by atoms with E-state index in [0.29, 0.717) is 25.5 Å². The Bertz CT molecular complexity index is 416. The predicted molar refractivity (Wildman–Crippen MR) is 71.2 cm³/mol. The molecule has 1 aromatic carbocycles. The molecule has 1 amide bonds. The zero-order valence-corrected chi connectivity index (χ0v) is 11.5. The number of amides is 1. The summed E-state index contributed by atoms with van der Waals surface area (Å²) in [6.07, 6.45) is -0.443.